The van der Waals surface area contributed by atoms with E-state index in [-0.39, 0.29) is 23.3 Å². The molecular formula is C11H13ClN4O4S. The summed E-state index contributed by atoms with van der Waals surface area (Å²) in [5.74, 6) is 0. The van der Waals surface area contributed by atoms with E-state index in [2.05, 4.69) is 15.3 Å². The Labute approximate surface area is 126 Å². The van der Waals surface area contributed by atoms with Gasteiger partial charge in [-0.15, -0.1) is 12.4 Å². The summed E-state index contributed by atoms with van der Waals surface area (Å²) in [5, 5.41) is 13.1. The average Bonchev–Trinajstić information content (AvgIpc) is 3.07. The number of non-ortho nitro benzene ring substituents is 1. The predicted octanol–water partition coefficient (Wildman–Crippen LogP) is 1.03. The first-order valence-corrected chi connectivity index (χ1v) is 7.62. The summed E-state index contributed by atoms with van der Waals surface area (Å²) >= 11 is 0. The van der Waals surface area contributed by atoms with Gasteiger partial charge < -0.3 is 10.3 Å². The van der Waals surface area contributed by atoms with Crippen molar-refractivity contribution in [3.8, 4) is 0 Å². The molecule has 2 N–H and O–H groups in total. The molecule has 0 bridgehead atoms. The molecule has 10 heteroatoms. The van der Waals surface area contributed by atoms with Crippen molar-refractivity contribution in [3.63, 3.8) is 0 Å². The van der Waals surface area contributed by atoms with E-state index in [4.69, 9.17) is 0 Å². The zero-order valence-electron chi connectivity index (χ0n) is 10.8. The minimum absolute atomic E-state index is 0. The molecule has 2 heterocycles. The van der Waals surface area contributed by atoms with Crippen molar-refractivity contribution >= 4 is 39.0 Å². The number of rotatable bonds is 3. The number of sulfone groups is 1. The normalized spacial score (nSPS) is 18.6. The molecule has 1 aliphatic heterocycles. The van der Waals surface area contributed by atoms with Crippen LogP contribution in [0.2, 0.25) is 0 Å². The van der Waals surface area contributed by atoms with Crippen molar-refractivity contribution in [2.24, 2.45) is 0 Å². The number of nitro groups is 1. The third-order valence-electron chi connectivity index (χ3n) is 3.38. The molecule has 1 aromatic heterocycles. The molecule has 1 aliphatic rings. The number of nitro benzene ring substituents is 1. The molecule has 2 aromatic rings. The van der Waals surface area contributed by atoms with Crippen LogP contribution in [0.4, 0.5) is 5.69 Å². The van der Waals surface area contributed by atoms with Crippen LogP contribution in [-0.4, -0.2) is 41.6 Å². The fourth-order valence-corrected chi connectivity index (χ4v) is 3.83. The predicted molar refractivity (Wildman–Crippen MR) is 78.5 cm³/mol. The first kappa shape index (κ1) is 15.7. The highest BCUT2D eigenvalue weighted by atomic mass is 35.5. The van der Waals surface area contributed by atoms with Crippen molar-refractivity contribution < 1.29 is 13.3 Å². The molecule has 1 atom stereocenters. The number of nitrogens with zero attached hydrogens (tertiary/aromatic N) is 2. The van der Waals surface area contributed by atoms with Crippen molar-refractivity contribution in [3.05, 3.63) is 28.3 Å². The minimum Gasteiger partial charge on any atom is -0.329 e. The second-order valence-electron chi connectivity index (χ2n) is 4.66. The fourth-order valence-electron chi connectivity index (χ4n) is 2.27. The van der Waals surface area contributed by atoms with Crippen LogP contribution in [-0.2, 0) is 9.84 Å². The van der Waals surface area contributed by atoms with Crippen LogP contribution in [0.5, 0.6) is 0 Å². The van der Waals surface area contributed by atoms with Gasteiger partial charge in [0.15, 0.2) is 0 Å². The number of hydrogen-bond acceptors (Lipinski definition) is 6. The zero-order valence-corrected chi connectivity index (χ0v) is 12.4. The van der Waals surface area contributed by atoms with Crippen LogP contribution in [0.15, 0.2) is 23.4 Å². The zero-order chi connectivity index (χ0) is 14.3. The maximum absolute atomic E-state index is 12.4. The molecule has 0 aliphatic carbocycles. The van der Waals surface area contributed by atoms with E-state index >= 15 is 0 Å². The maximum Gasteiger partial charge on any atom is 0.271 e. The molecule has 0 spiro atoms. The minimum atomic E-state index is -3.53. The Kier molecular flexibility index (Phi) is 4.17. The van der Waals surface area contributed by atoms with E-state index in [0.29, 0.717) is 30.5 Å². The second kappa shape index (κ2) is 5.58. The van der Waals surface area contributed by atoms with Gasteiger partial charge in [0, 0.05) is 18.7 Å². The number of halogens is 1. The number of benzene rings is 1. The Morgan fingerprint density at radius 1 is 1.38 bits per heavy atom. The van der Waals surface area contributed by atoms with Crippen LogP contribution in [0, 0.1) is 10.1 Å². The number of aromatic nitrogens is 2. The van der Waals surface area contributed by atoms with Crippen LogP contribution in [0.1, 0.15) is 6.42 Å². The Bertz CT molecular complexity index is 783. The van der Waals surface area contributed by atoms with E-state index in [0.717, 1.165) is 0 Å². The third kappa shape index (κ3) is 2.71. The van der Waals surface area contributed by atoms with E-state index in [1.165, 1.54) is 18.2 Å². The summed E-state index contributed by atoms with van der Waals surface area (Å²) in [6.07, 6.45) is 0.541. The Morgan fingerprint density at radius 3 is 2.76 bits per heavy atom. The van der Waals surface area contributed by atoms with Crippen molar-refractivity contribution in [2.75, 3.05) is 13.1 Å². The largest absolute Gasteiger partial charge is 0.329 e. The lowest BCUT2D eigenvalue weighted by Crippen LogP contribution is -2.24. The Morgan fingerprint density at radius 2 is 2.14 bits per heavy atom. The quantitative estimate of drug-likeness (QED) is 0.640. The molecule has 0 saturated carbocycles. The molecule has 3 rings (SSSR count). The average molecular weight is 333 g/mol. The molecule has 0 radical (unpaired) electrons. The summed E-state index contributed by atoms with van der Waals surface area (Å²) in [5.41, 5.74) is 0.650. The second-order valence-corrected chi connectivity index (χ2v) is 6.80. The van der Waals surface area contributed by atoms with Gasteiger partial charge in [-0.05, 0) is 19.0 Å². The monoisotopic (exact) mass is 332 g/mol. The Hall–Kier alpha value is -1.71. The van der Waals surface area contributed by atoms with Gasteiger partial charge in [-0.2, -0.15) is 0 Å². The molecule has 0 amide bonds. The lowest BCUT2D eigenvalue weighted by molar-refractivity contribution is -0.384. The standard InChI is InChI=1S/C11H12N4O4S.ClH/c16-15(17)7-1-2-9-10(5-7)14-11(13-9)20(18,19)8-3-4-12-6-8;/h1-2,5,8,12H,3-4,6H2,(H,13,14);1H/t8-;/m1./s1. The van der Waals surface area contributed by atoms with Crippen LogP contribution >= 0.6 is 12.4 Å². The van der Waals surface area contributed by atoms with Gasteiger partial charge in [-0.3, -0.25) is 10.1 Å². The van der Waals surface area contributed by atoms with E-state index in [9.17, 15) is 18.5 Å². The number of imidazole rings is 1. The van der Waals surface area contributed by atoms with E-state index < -0.39 is 20.0 Å². The summed E-state index contributed by atoms with van der Waals surface area (Å²) in [6, 6.07) is 4.03. The lowest BCUT2D eigenvalue weighted by Gasteiger charge is -2.06. The highest BCUT2D eigenvalue weighted by Crippen LogP contribution is 2.23. The van der Waals surface area contributed by atoms with Crippen LogP contribution < -0.4 is 5.32 Å². The highest BCUT2D eigenvalue weighted by molar-refractivity contribution is 7.91. The highest BCUT2D eigenvalue weighted by Gasteiger charge is 2.32. The number of H-pyrrole nitrogens is 1. The van der Waals surface area contributed by atoms with Crippen molar-refractivity contribution in [1.29, 1.82) is 0 Å². The molecule has 21 heavy (non-hydrogen) atoms. The van der Waals surface area contributed by atoms with Crippen LogP contribution in [0.3, 0.4) is 0 Å². The topological polar surface area (TPSA) is 118 Å². The molecule has 114 valence electrons. The lowest BCUT2D eigenvalue weighted by atomic mass is 10.3. The summed E-state index contributed by atoms with van der Waals surface area (Å²) in [4.78, 5) is 16.9. The first-order chi connectivity index (χ1) is 9.48. The van der Waals surface area contributed by atoms with Gasteiger partial charge in [0.1, 0.15) is 0 Å². The van der Waals surface area contributed by atoms with E-state index in [1.54, 1.807) is 0 Å². The number of hydrogen-bond donors (Lipinski definition) is 2. The van der Waals surface area contributed by atoms with Crippen molar-refractivity contribution in [2.45, 2.75) is 16.8 Å². The maximum atomic E-state index is 12.4. The Balaban J connectivity index is 0.00000161. The van der Waals surface area contributed by atoms with Gasteiger partial charge in [0.2, 0.25) is 15.0 Å². The fraction of sp³-hybridized carbons (Fsp3) is 0.364. The summed E-state index contributed by atoms with van der Waals surface area (Å²) in [6.45, 7) is 1.06. The molecule has 1 fully saturated rings. The van der Waals surface area contributed by atoms with Gasteiger partial charge in [0.25, 0.3) is 5.69 Å². The molecular weight excluding hydrogens is 320 g/mol. The third-order valence-corrected chi connectivity index (χ3v) is 5.39. The van der Waals surface area contributed by atoms with Gasteiger partial charge >= 0.3 is 0 Å². The molecule has 0 unspecified atom stereocenters. The van der Waals surface area contributed by atoms with Crippen molar-refractivity contribution in [1.82, 2.24) is 15.3 Å². The van der Waals surface area contributed by atoms with Crippen LogP contribution in [0.25, 0.3) is 11.0 Å². The summed E-state index contributed by atoms with van der Waals surface area (Å²) in [7, 11) is -3.53. The smallest absolute Gasteiger partial charge is 0.271 e. The SMILES string of the molecule is Cl.O=[N+]([O-])c1ccc2nc(S(=O)(=O)[C@@H]3CCNC3)[nH]c2c1. The number of aromatic amines is 1. The van der Waals surface area contributed by atoms with Gasteiger partial charge in [-0.25, -0.2) is 13.4 Å². The first-order valence-electron chi connectivity index (χ1n) is 6.07. The molecule has 1 aromatic carbocycles. The van der Waals surface area contributed by atoms with Gasteiger partial charge in [0.05, 0.1) is 21.2 Å². The molecule has 1 saturated heterocycles. The number of nitrogens with one attached hydrogen (secondary N) is 2. The number of fused-ring (bicyclic) bond motifs is 1. The molecule has 8 nitrogen and oxygen atoms in total. The summed E-state index contributed by atoms with van der Waals surface area (Å²) < 4.78 is 24.7. The van der Waals surface area contributed by atoms with Gasteiger partial charge in [-0.1, -0.05) is 0 Å². The van der Waals surface area contributed by atoms with E-state index in [1.807, 2.05) is 0 Å².